The van der Waals surface area contributed by atoms with Crippen molar-refractivity contribution in [1.29, 1.82) is 0 Å². The summed E-state index contributed by atoms with van der Waals surface area (Å²) in [6.07, 6.45) is 4.23. The van der Waals surface area contributed by atoms with Crippen LogP contribution in [0.25, 0.3) is 0 Å². The molecule has 0 bridgehead atoms. The van der Waals surface area contributed by atoms with E-state index < -0.39 is 11.4 Å². The van der Waals surface area contributed by atoms with Crippen molar-refractivity contribution < 1.29 is 14.7 Å². The van der Waals surface area contributed by atoms with E-state index in [1.54, 1.807) is 6.29 Å². The van der Waals surface area contributed by atoms with Gasteiger partial charge in [0.15, 0.2) is 0 Å². The van der Waals surface area contributed by atoms with E-state index in [0.29, 0.717) is 12.8 Å². The first-order valence-electron chi connectivity index (χ1n) is 3.34. The zero-order chi connectivity index (χ0) is 7.61. The van der Waals surface area contributed by atoms with Gasteiger partial charge in [0, 0.05) is 0 Å². The Kier molecular flexibility index (Phi) is 1.74. The first-order valence-corrected chi connectivity index (χ1v) is 3.34. The maximum absolute atomic E-state index is 10.5. The molecule has 0 heterocycles. The van der Waals surface area contributed by atoms with Crippen LogP contribution in [0, 0.1) is 5.41 Å². The van der Waals surface area contributed by atoms with Crippen molar-refractivity contribution in [2.45, 2.75) is 25.7 Å². The topological polar surface area (TPSA) is 54.4 Å². The maximum Gasteiger partial charge on any atom is 0.317 e. The highest BCUT2D eigenvalue weighted by Crippen LogP contribution is 2.36. The first-order chi connectivity index (χ1) is 4.71. The summed E-state index contributed by atoms with van der Waals surface area (Å²) < 4.78 is 0. The highest BCUT2D eigenvalue weighted by molar-refractivity contribution is 5.92. The van der Waals surface area contributed by atoms with E-state index in [1.165, 1.54) is 0 Å². The summed E-state index contributed by atoms with van der Waals surface area (Å²) in [5.41, 5.74) is -1.15. The van der Waals surface area contributed by atoms with Crippen LogP contribution < -0.4 is 0 Å². The van der Waals surface area contributed by atoms with Crippen LogP contribution in [0.2, 0.25) is 0 Å². The molecule has 55 valence electrons. The summed E-state index contributed by atoms with van der Waals surface area (Å²) in [7, 11) is 0. The second-order valence-electron chi connectivity index (χ2n) is 2.70. The molecule has 0 unspecified atom stereocenters. The number of rotatable bonds is 2. The van der Waals surface area contributed by atoms with Crippen LogP contribution in [0.3, 0.4) is 0 Å². The fourth-order valence-electron chi connectivity index (χ4n) is 1.34. The zero-order valence-corrected chi connectivity index (χ0v) is 5.59. The van der Waals surface area contributed by atoms with Gasteiger partial charge in [-0.25, -0.2) is 0 Å². The third-order valence-corrected chi connectivity index (χ3v) is 2.06. The Morgan fingerprint density at radius 1 is 1.40 bits per heavy atom. The van der Waals surface area contributed by atoms with Gasteiger partial charge in [-0.1, -0.05) is 12.8 Å². The largest absolute Gasteiger partial charge is 0.480 e. The van der Waals surface area contributed by atoms with Gasteiger partial charge in [-0.3, -0.25) is 9.59 Å². The number of hydrogen-bond donors (Lipinski definition) is 1. The Morgan fingerprint density at radius 3 is 2.10 bits per heavy atom. The minimum absolute atomic E-state index is 0.464. The zero-order valence-electron chi connectivity index (χ0n) is 5.59. The molecule has 3 heteroatoms. The smallest absolute Gasteiger partial charge is 0.317 e. The molecule has 1 aliphatic rings. The van der Waals surface area contributed by atoms with Crippen LogP contribution in [-0.4, -0.2) is 17.4 Å². The van der Waals surface area contributed by atoms with Crippen molar-refractivity contribution in [2.75, 3.05) is 0 Å². The summed E-state index contributed by atoms with van der Waals surface area (Å²) in [5, 5.41) is 8.60. The third kappa shape index (κ3) is 0.916. The number of carbonyl (C=O) groups is 1. The van der Waals surface area contributed by atoms with Crippen LogP contribution in [0.1, 0.15) is 25.7 Å². The average Bonchev–Trinajstić information content (AvgIpc) is 2.35. The monoisotopic (exact) mass is 141 g/mol. The molecular weight excluding hydrogens is 132 g/mol. The summed E-state index contributed by atoms with van der Waals surface area (Å²) in [6, 6.07) is 0. The van der Waals surface area contributed by atoms with Crippen LogP contribution >= 0.6 is 0 Å². The molecule has 0 amide bonds. The second kappa shape index (κ2) is 2.40. The predicted octanol–water partition coefficient (Wildman–Crippen LogP) is 0.741. The molecule has 3 nitrogen and oxygen atoms in total. The molecule has 0 atom stereocenters. The van der Waals surface area contributed by atoms with E-state index in [2.05, 4.69) is 0 Å². The molecule has 0 saturated heterocycles. The summed E-state index contributed by atoms with van der Waals surface area (Å²) in [6.45, 7) is 0. The maximum atomic E-state index is 10.5. The molecule has 0 aliphatic heterocycles. The van der Waals surface area contributed by atoms with Gasteiger partial charge in [0.05, 0.1) is 0 Å². The molecule has 0 aromatic rings. The van der Waals surface area contributed by atoms with E-state index in [9.17, 15) is 9.59 Å². The van der Waals surface area contributed by atoms with Crippen molar-refractivity contribution in [3.05, 3.63) is 0 Å². The van der Waals surface area contributed by atoms with E-state index >= 15 is 0 Å². The number of carboxylic acids is 1. The lowest BCUT2D eigenvalue weighted by Gasteiger charge is -2.12. The summed E-state index contributed by atoms with van der Waals surface area (Å²) in [5.74, 6) is -1.01. The minimum Gasteiger partial charge on any atom is -0.480 e. The van der Waals surface area contributed by atoms with E-state index in [0.717, 1.165) is 12.8 Å². The van der Waals surface area contributed by atoms with E-state index in [4.69, 9.17) is 5.11 Å². The van der Waals surface area contributed by atoms with Gasteiger partial charge < -0.3 is 5.11 Å². The summed E-state index contributed by atoms with van der Waals surface area (Å²) >= 11 is 0. The number of carbonyl (C=O) groups excluding carboxylic acids is 1. The van der Waals surface area contributed by atoms with E-state index in [1.807, 2.05) is 0 Å². The second-order valence-corrected chi connectivity index (χ2v) is 2.70. The number of carboxylic acid groups (broad SMARTS) is 1. The van der Waals surface area contributed by atoms with Gasteiger partial charge in [-0.15, -0.1) is 0 Å². The first kappa shape index (κ1) is 7.25. The van der Waals surface area contributed by atoms with Gasteiger partial charge in [-0.05, 0) is 12.8 Å². The molecule has 1 fully saturated rings. The van der Waals surface area contributed by atoms with Crippen molar-refractivity contribution >= 4 is 12.3 Å². The normalized spacial score (nSPS) is 22.4. The van der Waals surface area contributed by atoms with Crippen LogP contribution in [0.15, 0.2) is 0 Å². The molecule has 0 aromatic carbocycles. The lowest BCUT2D eigenvalue weighted by molar-refractivity contribution is -0.144. The van der Waals surface area contributed by atoms with Gasteiger partial charge in [0.2, 0.25) is 6.29 Å². The predicted molar refractivity (Wildman–Crippen MR) is 34.2 cm³/mol. The molecule has 10 heavy (non-hydrogen) atoms. The molecule has 1 aliphatic carbocycles. The van der Waals surface area contributed by atoms with Crippen molar-refractivity contribution in [2.24, 2.45) is 5.41 Å². The quantitative estimate of drug-likeness (QED) is 0.577. The Labute approximate surface area is 59.0 Å². The molecule has 0 spiro atoms. The molecule has 1 rings (SSSR count). The van der Waals surface area contributed by atoms with Crippen LogP contribution in [0.4, 0.5) is 0 Å². The highest BCUT2D eigenvalue weighted by Gasteiger charge is 2.42. The SMILES string of the molecule is O=[C]C1(C(=O)O)CCCC1. The molecule has 1 radical (unpaired) electrons. The molecule has 1 N–H and O–H groups in total. The van der Waals surface area contributed by atoms with E-state index in [-0.39, 0.29) is 0 Å². The molecule has 1 saturated carbocycles. The fraction of sp³-hybridized carbons (Fsp3) is 0.714. The fourth-order valence-corrected chi connectivity index (χ4v) is 1.34. The molecular formula is C7H9O3. The third-order valence-electron chi connectivity index (χ3n) is 2.06. The standard InChI is InChI=1S/C7H9O3/c8-5-7(6(9)10)3-1-2-4-7/h1-4H2,(H,9,10). The lowest BCUT2D eigenvalue weighted by atomic mass is 9.89. The van der Waals surface area contributed by atoms with Crippen molar-refractivity contribution in [3.8, 4) is 0 Å². The van der Waals surface area contributed by atoms with Crippen LogP contribution in [0.5, 0.6) is 0 Å². The van der Waals surface area contributed by atoms with Crippen molar-refractivity contribution in [1.82, 2.24) is 0 Å². The van der Waals surface area contributed by atoms with Gasteiger partial charge in [0.1, 0.15) is 5.41 Å². The summed E-state index contributed by atoms with van der Waals surface area (Å²) in [4.78, 5) is 20.8. The number of aliphatic carboxylic acids is 1. The Morgan fingerprint density at radius 2 is 1.90 bits per heavy atom. The Hall–Kier alpha value is -0.860. The van der Waals surface area contributed by atoms with Crippen LogP contribution in [-0.2, 0) is 9.59 Å². The highest BCUT2D eigenvalue weighted by atomic mass is 16.4. The average molecular weight is 141 g/mol. The molecule has 0 aromatic heterocycles. The van der Waals surface area contributed by atoms with Gasteiger partial charge in [0.25, 0.3) is 0 Å². The Bertz CT molecular complexity index is 156. The van der Waals surface area contributed by atoms with Gasteiger partial charge in [-0.2, -0.15) is 0 Å². The Balaban J connectivity index is 2.76. The van der Waals surface area contributed by atoms with Gasteiger partial charge >= 0.3 is 5.97 Å². The van der Waals surface area contributed by atoms with Crippen molar-refractivity contribution in [3.63, 3.8) is 0 Å². The number of hydrogen-bond acceptors (Lipinski definition) is 2. The minimum atomic E-state index is -1.15. The lowest BCUT2D eigenvalue weighted by Crippen LogP contribution is -2.28.